The molecule has 14 heavy (non-hydrogen) atoms. The lowest BCUT2D eigenvalue weighted by Crippen LogP contribution is -2.08. The summed E-state index contributed by atoms with van der Waals surface area (Å²) in [6, 6.07) is 0.985. The first-order valence-electron chi connectivity index (χ1n) is 3.26. The molecule has 1 aromatic heterocycles. The Bertz CT molecular complexity index is 418. The Hall–Kier alpha value is -1.33. The molecular formula is C7H3Cl2NO4. The number of aromatic carboxylic acids is 2. The maximum atomic E-state index is 10.6. The van der Waals surface area contributed by atoms with Gasteiger partial charge in [0.1, 0.15) is 0 Å². The smallest absolute Gasteiger partial charge is 0.356 e. The molecule has 1 heterocycles. The van der Waals surface area contributed by atoms with E-state index in [0.29, 0.717) is 0 Å². The molecule has 0 atom stereocenters. The maximum Gasteiger partial charge on any atom is 0.356 e. The summed E-state index contributed by atoms with van der Waals surface area (Å²) in [5.41, 5.74) is -1.03. The van der Waals surface area contributed by atoms with Crippen molar-refractivity contribution in [1.29, 1.82) is 0 Å². The lowest BCUT2D eigenvalue weighted by Gasteiger charge is -2.01. The number of nitrogens with zero attached hydrogens (tertiary/aromatic N) is 1. The summed E-state index contributed by atoms with van der Waals surface area (Å²) in [6.45, 7) is 0. The van der Waals surface area contributed by atoms with Crippen molar-refractivity contribution < 1.29 is 19.8 Å². The zero-order chi connectivity index (χ0) is 10.9. The van der Waals surface area contributed by atoms with Crippen LogP contribution in [0.25, 0.3) is 0 Å². The fourth-order valence-electron chi connectivity index (χ4n) is 0.750. The van der Waals surface area contributed by atoms with E-state index < -0.39 is 23.3 Å². The van der Waals surface area contributed by atoms with Gasteiger partial charge in [0.15, 0.2) is 11.4 Å². The Morgan fingerprint density at radius 1 is 1.21 bits per heavy atom. The summed E-state index contributed by atoms with van der Waals surface area (Å²) in [6.07, 6.45) is 0. The first-order chi connectivity index (χ1) is 6.43. The highest BCUT2D eigenvalue weighted by Crippen LogP contribution is 2.25. The third-order valence-corrected chi connectivity index (χ3v) is 2.11. The highest BCUT2D eigenvalue weighted by Gasteiger charge is 2.18. The van der Waals surface area contributed by atoms with Gasteiger partial charge in [0.2, 0.25) is 0 Å². The molecule has 0 saturated carbocycles. The maximum absolute atomic E-state index is 10.6. The van der Waals surface area contributed by atoms with Crippen LogP contribution >= 0.6 is 23.2 Å². The van der Waals surface area contributed by atoms with Gasteiger partial charge in [-0.25, -0.2) is 14.6 Å². The number of hydrogen-bond donors (Lipinski definition) is 2. The molecule has 0 amide bonds. The molecule has 2 N–H and O–H groups in total. The van der Waals surface area contributed by atoms with Crippen LogP contribution < -0.4 is 0 Å². The Balaban J connectivity index is 3.43. The first kappa shape index (κ1) is 10.7. The molecule has 7 heteroatoms. The number of aromatic nitrogens is 1. The largest absolute Gasteiger partial charge is 0.477 e. The summed E-state index contributed by atoms with van der Waals surface area (Å²) < 4.78 is 0. The molecule has 0 fully saturated rings. The molecule has 0 saturated heterocycles. The van der Waals surface area contributed by atoms with E-state index in [1.54, 1.807) is 0 Å². The molecule has 0 spiro atoms. The Morgan fingerprint density at radius 3 is 2.21 bits per heavy atom. The standard InChI is InChI=1S/C7H3Cl2NO4/c8-2-1-3(6(11)12)10-5(4(2)9)7(13)14/h1H,(H,11,12)(H,13,14). The van der Waals surface area contributed by atoms with Gasteiger partial charge in [0, 0.05) is 0 Å². The molecule has 0 aliphatic heterocycles. The lowest BCUT2D eigenvalue weighted by atomic mass is 10.3. The van der Waals surface area contributed by atoms with E-state index in [-0.39, 0.29) is 10.0 Å². The molecule has 1 rings (SSSR count). The summed E-state index contributed by atoms with van der Waals surface area (Å²) in [5, 5.41) is 16.7. The minimum Gasteiger partial charge on any atom is -0.477 e. The van der Waals surface area contributed by atoms with Gasteiger partial charge < -0.3 is 10.2 Å². The summed E-state index contributed by atoms with van der Waals surface area (Å²) in [5.74, 6) is -2.80. The highest BCUT2D eigenvalue weighted by atomic mass is 35.5. The Morgan fingerprint density at radius 2 is 1.79 bits per heavy atom. The van der Waals surface area contributed by atoms with Crippen LogP contribution in [0.3, 0.4) is 0 Å². The Kier molecular flexibility index (Phi) is 2.93. The van der Waals surface area contributed by atoms with E-state index in [1.807, 2.05) is 0 Å². The summed E-state index contributed by atoms with van der Waals surface area (Å²) in [4.78, 5) is 24.3. The second-order valence-corrected chi connectivity index (χ2v) is 3.05. The normalized spacial score (nSPS) is 9.86. The van der Waals surface area contributed by atoms with Gasteiger partial charge in [0.25, 0.3) is 0 Å². The zero-order valence-corrected chi connectivity index (χ0v) is 8.00. The number of pyridine rings is 1. The van der Waals surface area contributed by atoms with Crippen molar-refractivity contribution in [3.63, 3.8) is 0 Å². The van der Waals surface area contributed by atoms with Crippen molar-refractivity contribution in [2.24, 2.45) is 0 Å². The van der Waals surface area contributed by atoms with Gasteiger partial charge in [-0.05, 0) is 6.07 Å². The topological polar surface area (TPSA) is 87.5 Å². The molecule has 0 aliphatic rings. The van der Waals surface area contributed by atoms with E-state index in [4.69, 9.17) is 33.4 Å². The average molecular weight is 236 g/mol. The van der Waals surface area contributed by atoms with Crippen molar-refractivity contribution >= 4 is 35.1 Å². The third kappa shape index (κ3) is 1.94. The predicted octanol–water partition coefficient (Wildman–Crippen LogP) is 1.78. The highest BCUT2D eigenvalue weighted by molar-refractivity contribution is 6.43. The van der Waals surface area contributed by atoms with Crippen LogP contribution in [0.1, 0.15) is 21.0 Å². The average Bonchev–Trinajstić information content (AvgIpc) is 2.08. The van der Waals surface area contributed by atoms with Crippen LogP contribution in [0.4, 0.5) is 0 Å². The van der Waals surface area contributed by atoms with Crippen molar-refractivity contribution in [2.45, 2.75) is 0 Å². The molecule has 0 aromatic carbocycles. The molecule has 0 aliphatic carbocycles. The molecular weight excluding hydrogens is 233 g/mol. The zero-order valence-electron chi connectivity index (χ0n) is 6.49. The first-order valence-corrected chi connectivity index (χ1v) is 4.01. The van der Waals surface area contributed by atoms with Crippen LogP contribution in [-0.4, -0.2) is 27.1 Å². The number of hydrogen-bond acceptors (Lipinski definition) is 3. The summed E-state index contributed by atoms with van der Waals surface area (Å²) >= 11 is 11.0. The number of rotatable bonds is 2. The molecule has 0 unspecified atom stereocenters. The van der Waals surface area contributed by atoms with E-state index in [9.17, 15) is 9.59 Å². The number of carboxylic acids is 2. The van der Waals surface area contributed by atoms with Gasteiger partial charge >= 0.3 is 11.9 Å². The monoisotopic (exact) mass is 235 g/mol. The molecule has 74 valence electrons. The predicted molar refractivity (Wildman–Crippen MR) is 48.2 cm³/mol. The van der Waals surface area contributed by atoms with Crippen LogP contribution in [-0.2, 0) is 0 Å². The lowest BCUT2D eigenvalue weighted by molar-refractivity contribution is 0.0685. The van der Waals surface area contributed by atoms with Gasteiger partial charge in [-0.3, -0.25) is 0 Å². The van der Waals surface area contributed by atoms with Crippen molar-refractivity contribution in [3.8, 4) is 0 Å². The van der Waals surface area contributed by atoms with Crippen molar-refractivity contribution in [2.75, 3.05) is 0 Å². The summed E-state index contributed by atoms with van der Waals surface area (Å²) in [7, 11) is 0. The Labute approximate surface area is 87.9 Å². The van der Waals surface area contributed by atoms with Gasteiger partial charge in [-0.15, -0.1) is 0 Å². The van der Waals surface area contributed by atoms with E-state index >= 15 is 0 Å². The second kappa shape index (κ2) is 3.81. The number of carbonyl (C=O) groups is 2. The van der Waals surface area contributed by atoms with Crippen LogP contribution in [0.5, 0.6) is 0 Å². The second-order valence-electron chi connectivity index (χ2n) is 2.26. The van der Waals surface area contributed by atoms with E-state index in [2.05, 4.69) is 4.98 Å². The van der Waals surface area contributed by atoms with Gasteiger partial charge in [-0.1, -0.05) is 23.2 Å². The van der Waals surface area contributed by atoms with Crippen LogP contribution in [0.15, 0.2) is 6.07 Å². The molecule has 5 nitrogen and oxygen atoms in total. The fourth-order valence-corrected chi connectivity index (χ4v) is 1.12. The van der Waals surface area contributed by atoms with Gasteiger partial charge in [0.05, 0.1) is 10.0 Å². The minimum absolute atomic E-state index is 0.156. The van der Waals surface area contributed by atoms with Crippen molar-refractivity contribution in [1.82, 2.24) is 4.98 Å². The van der Waals surface area contributed by atoms with Crippen LogP contribution in [0, 0.1) is 0 Å². The third-order valence-electron chi connectivity index (χ3n) is 1.33. The fraction of sp³-hybridized carbons (Fsp3) is 0. The van der Waals surface area contributed by atoms with Crippen molar-refractivity contribution in [3.05, 3.63) is 27.5 Å². The van der Waals surface area contributed by atoms with E-state index in [0.717, 1.165) is 6.07 Å². The number of carboxylic acid groups (broad SMARTS) is 2. The molecule has 0 radical (unpaired) electrons. The SMILES string of the molecule is O=C(O)c1cc(Cl)c(Cl)c(C(=O)O)n1. The molecule has 1 aromatic rings. The van der Waals surface area contributed by atoms with E-state index in [1.165, 1.54) is 0 Å². The minimum atomic E-state index is -1.43. The van der Waals surface area contributed by atoms with Gasteiger partial charge in [-0.2, -0.15) is 0 Å². The van der Waals surface area contributed by atoms with Crippen LogP contribution in [0.2, 0.25) is 10.0 Å². The molecule has 0 bridgehead atoms. The quantitative estimate of drug-likeness (QED) is 0.816. The number of halogens is 2.